The number of nitrogens with one attached hydrogen (secondary N) is 1. The Morgan fingerprint density at radius 3 is 2.79 bits per heavy atom. The number of hydrogen-bond donors (Lipinski definition) is 1. The third kappa shape index (κ3) is 3.40. The fourth-order valence-electron chi connectivity index (χ4n) is 3.78. The maximum Gasteiger partial charge on any atom is 0.267 e. The summed E-state index contributed by atoms with van der Waals surface area (Å²) in [6, 6.07) is 7.57. The molecule has 1 aromatic carbocycles. The van der Waals surface area contributed by atoms with Crippen LogP contribution in [0.4, 0.5) is 10.1 Å². The minimum atomic E-state index is -0.533. The van der Waals surface area contributed by atoms with E-state index in [4.69, 9.17) is 0 Å². The highest BCUT2D eigenvalue weighted by Gasteiger charge is 2.22. The van der Waals surface area contributed by atoms with Crippen LogP contribution < -0.4 is 10.9 Å². The SMILES string of the molecule is Cc1nc2ncccc2c(=O)n1-c1ccc(F)c(NC(=O)C2CCCCC2)c1. The van der Waals surface area contributed by atoms with Crippen LogP contribution in [0.1, 0.15) is 37.9 Å². The molecule has 7 heteroatoms. The van der Waals surface area contributed by atoms with Crippen molar-refractivity contribution in [2.45, 2.75) is 39.0 Å². The number of aromatic nitrogens is 3. The normalized spacial score (nSPS) is 14.9. The van der Waals surface area contributed by atoms with Gasteiger partial charge in [0, 0.05) is 12.1 Å². The monoisotopic (exact) mass is 380 g/mol. The van der Waals surface area contributed by atoms with Gasteiger partial charge < -0.3 is 5.32 Å². The van der Waals surface area contributed by atoms with E-state index >= 15 is 0 Å². The van der Waals surface area contributed by atoms with E-state index in [-0.39, 0.29) is 23.1 Å². The van der Waals surface area contributed by atoms with Crippen molar-refractivity contribution in [2.75, 3.05) is 5.32 Å². The lowest BCUT2D eigenvalue weighted by atomic mass is 9.88. The van der Waals surface area contributed by atoms with Crippen molar-refractivity contribution in [3.05, 3.63) is 58.5 Å². The molecule has 1 N–H and O–H groups in total. The lowest BCUT2D eigenvalue weighted by Crippen LogP contribution is -2.26. The molecule has 4 rings (SSSR count). The number of rotatable bonds is 3. The second-order valence-electron chi connectivity index (χ2n) is 7.16. The van der Waals surface area contributed by atoms with Gasteiger partial charge in [-0.05, 0) is 50.1 Å². The molecule has 1 aliphatic carbocycles. The number of anilines is 1. The molecular formula is C21H21FN4O2. The van der Waals surface area contributed by atoms with Crippen molar-refractivity contribution in [2.24, 2.45) is 5.92 Å². The van der Waals surface area contributed by atoms with Crippen LogP contribution >= 0.6 is 0 Å². The van der Waals surface area contributed by atoms with Crippen LogP contribution in [0.2, 0.25) is 0 Å². The molecule has 0 aliphatic heterocycles. The van der Waals surface area contributed by atoms with Gasteiger partial charge in [0.2, 0.25) is 5.91 Å². The van der Waals surface area contributed by atoms with Gasteiger partial charge >= 0.3 is 0 Å². The molecule has 1 saturated carbocycles. The van der Waals surface area contributed by atoms with Crippen LogP contribution in [0.3, 0.4) is 0 Å². The molecule has 1 fully saturated rings. The molecule has 0 atom stereocenters. The molecule has 0 radical (unpaired) electrons. The molecule has 2 heterocycles. The summed E-state index contributed by atoms with van der Waals surface area (Å²) in [6.45, 7) is 1.69. The van der Waals surface area contributed by atoms with Gasteiger partial charge in [0.1, 0.15) is 11.6 Å². The molecule has 3 aromatic rings. The van der Waals surface area contributed by atoms with Gasteiger partial charge in [-0.1, -0.05) is 19.3 Å². The zero-order chi connectivity index (χ0) is 19.7. The molecule has 0 saturated heterocycles. The summed E-state index contributed by atoms with van der Waals surface area (Å²) in [5.74, 6) is -0.350. The summed E-state index contributed by atoms with van der Waals surface area (Å²) < 4.78 is 15.7. The third-order valence-electron chi connectivity index (χ3n) is 5.25. The summed E-state index contributed by atoms with van der Waals surface area (Å²) in [4.78, 5) is 33.9. The van der Waals surface area contributed by atoms with Crippen LogP contribution in [0.15, 0.2) is 41.3 Å². The molecule has 0 unspecified atom stereocenters. The smallest absolute Gasteiger partial charge is 0.267 e. The molecule has 144 valence electrons. The zero-order valence-electron chi connectivity index (χ0n) is 15.6. The fraction of sp³-hybridized carbons (Fsp3) is 0.333. The second kappa shape index (κ2) is 7.50. The number of fused-ring (bicyclic) bond motifs is 1. The van der Waals surface area contributed by atoms with E-state index in [1.807, 2.05) is 0 Å². The van der Waals surface area contributed by atoms with E-state index < -0.39 is 5.82 Å². The number of benzene rings is 1. The van der Waals surface area contributed by atoms with E-state index in [2.05, 4.69) is 15.3 Å². The van der Waals surface area contributed by atoms with E-state index in [0.717, 1.165) is 32.1 Å². The molecule has 1 amide bonds. The topological polar surface area (TPSA) is 76.9 Å². The van der Waals surface area contributed by atoms with Gasteiger partial charge in [-0.2, -0.15) is 0 Å². The number of carbonyl (C=O) groups excluding carboxylic acids is 1. The Morgan fingerprint density at radius 1 is 1.21 bits per heavy atom. The number of nitrogens with zero attached hydrogens (tertiary/aromatic N) is 3. The predicted molar refractivity (Wildman–Crippen MR) is 105 cm³/mol. The zero-order valence-corrected chi connectivity index (χ0v) is 15.6. The second-order valence-corrected chi connectivity index (χ2v) is 7.16. The Hall–Kier alpha value is -3.09. The van der Waals surface area contributed by atoms with Gasteiger partial charge in [0.25, 0.3) is 5.56 Å². The third-order valence-corrected chi connectivity index (χ3v) is 5.25. The standard InChI is InChI=1S/C21H21FN4O2/c1-13-24-19-16(8-5-11-23-19)21(28)26(13)15-9-10-17(22)18(12-15)25-20(27)14-6-3-2-4-7-14/h5,8-12,14H,2-4,6-7H2,1H3,(H,25,27). The van der Waals surface area contributed by atoms with E-state index in [1.165, 1.54) is 22.8 Å². The van der Waals surface area contributed by atoms with Crippen LogP contribution in [-0.2, 0) is 4.79 Å². The molecule has 2 aromatic heterocycles. The first kappa shape index (κ1) is 18.3. The number of hydrogen-bond acceptors (Lipinski definition) is 4. The predicted octanol–water partition coefficient (Wildman–Crippen LogP) is 3.75. The fourth-order valence-corrected chi connectivity index (χ4v) is 3.78. The number of amides is 1. The molecule has 0 bridgehead atoms. The Labute approximate surface area is 161 Å². The molecule has 1 aliphatic rings. The van der Waals surface area contributed by atoms with Gasteiger partial charge in [-0.25, -0.2) is 14.4 Å². The van der Waals surface area contributed by atoms with Crippen LogP contribution in [0.25, 0.3) is 16.7 Å². The molecule has 6 nitrogen and oxygen atoms in total. The Morgan fingerprint density at radius 2 is 2.00 bits per heavy atom. The molecular weight excluding hydrogens is 359 g/mol. The van der Waals surface area contributed by atoms with Gasteiger partial charge in [-0.3, -0.25) is 14.2 Å². The average molecular weight is 380 g/mol. The molecule has 28 heavy (non-hydrogen) atoms. The largest absolute Gasteiger partial charge is 0.323 e. The van der Waals surface area contributed by atoms with Crippen molar-refractivity contribution in [3.8, 4) is 5.69 Å². The number of aryl methyl sites for hydroxylation is 1. The lowest BCUT2D eigenvalue weighted by Gasteiger charge is -2.21. The van der Waals surface area contributed by atoms with E-state index in [9.17, 15) is 14.0 Å². The summed E-state index contributed by atoms with van der Waals surface area (Å²) in [5, 5.41) is 3.08. The van der Waals surface area contributed by atoms with Crippen LogP contribution in [0, 0.1) is 18.7 Å². The Kier molecular flexibility index (Phi) is 4.90. The maximum absolute atomic E-state index is 14.3. The van der Waals surface area contributed by atoms with E-state index in [1.54, 1.807) is 25.3 Å². The number of carbonyl (C=O) groups is 1. The van der Waals surface area contributed by atoms with Crippen molar-refractivity contribution in [3.63, 3.8) is 0 Å². The minimum absolute atomic E-state index is 0.0747. The summed E-state index contributed by atoms with van der Waals surface area (Å²) in [7, 11) is 0. The Bertz CT molecular complexity index is 1100. The number of halogens is 1. The quantitative estimate of drug-likeness (QED) is 0.751. The van der Waals surface area contributed by atoms with Gasteiger partial charge in [0.15, 0.2) is 5.65 Å². The average Bonchev–Trinajstić information content (AvgIpc) is 2.71. The summed E-state index contributed by atoms with van der Waals surface area (Å²) in [5.41, 5.74) is 0.604. The highest BCUT2D eigenvalue weighted by Crippen LogP contribution is 2.26. The lowest BCUT2D eigenvalue weighted by molar-refractivity contribution is -0.120. The highest BCUT2D eigenvalue weighted by molar-refractivity contribution is 5.93. The first-order valence-corrected chi connectivity index (χ1v) is 9.50. The first-order chi connectivity index (χ1) is 13.5. The Balaban J connectivity index is 1.72. The highest BCUT2D eigenvalue weighted by atomic mass is 19.1. The van der Waals surface area contributed by atoms with Gasteiger partial charge in [0.05, 0.1) is 16.8 Å². The van der Waals surface area contributed by atoms with Crippen molar-refractivity contribution in [1.29, 1.82) is 0 Å². The van der Waals surface area contributed by atoms with Crippen LogP contribution in [0.5, 0.6) is 0 Å². The van der Waals surface area contributed by atoms with E-state index in [0.29, 0.717) is 22.5 Å². The minimum Gasteiger partial charge on any atom is -0.323 e. The van der Waals surface area contributed by atoms with Crippen molar-refractivity contribution in [1.82, 2.24) is 14.5 Å². The van der Waals surface area contributed by atoms with Gasteiger partial charge in [-0.15, -0.1) is 0 Å². The van der Waals surface area contributed by atoms with Crippen molar-refractivity contribution >= 4 is 22.6 Å². The number of pyridine rings is 1. The maximum atomic E-state index is 14.3. The first-order valence-electron chi connectivity index (χ1n) is 9.50. The molecule has 0 spiro atoms. The van der Waals surface area contributed by atoms with Crippen molar-refractivity contribution < 1.29 is 9.18 Å². The summed E-state index contributed by atoms with van der Waals surface area (Å²) in [6.07, 6.45) is 6.41. The van der Waals surface area contributed by atoms with Crippen LogP contribution in [-0.4, -0.2) is 20.4 Å². The summed E-state index contributed by atoms with van der Waals surface area (Å²) >= 11 is 0.